The Morgan fingerprint density at radius 3 is 2.00 bits per heavy atom. The predicted octanol–water partition coefficient (Wildman–Crippen LogP) is 5.93. The van der Waals surface area contributed by atoms with Gasteiger partial charge in [0.1, 0.15) is 6.79 Å². The van der Waals surface area contributed by atoms with Crippen molar-refractivity contribution >= 4 is 42.2 Å². The SMILES string of the molecule is CCOCO[C@H](CO[Si](c1ccccc1)(c1ccccc1)C(C)(C)C)C[C@@H](CC1SCCCS1)OC. The molecule has 1 heterocycles. The van der Waals surface area contributed by atoms with Crippen LogP contribution in [0.4, 0.5) is 0 Å². The summed E-state index contributed by atoms with van der Waals surface area (Å²) in [6.45, 7) is 10.3. The third kappa shape index (κ3) is 8.10. The van der Waals surface area contributed by atoms with Gasteiger partial charge < -0.3 is 18.6 Å². The Kier molecular flexibility index (Phi) is 12.4. The monoisotopic (exact) mass is 548 g/mol. The smallest absolute Gasteiger partial charge is 0.261 e. The van der Waals surface area contributed by atoms with Gasteiger partial charge in [-0.3, -0.25) is 0 Å². The van der Waals surface area contributed by atoms with Crippen LogP contribution < -0.4 is 10.4 Å². The maximum atomic E-state index is 7.19. The third-order valence-electron chi connectivity index (χ3n) is 6.70. The predicted molar refractivity (Wildman–Crippen MR) is 158 cm³/mol. The summed E-state index contributed by atoms with van der Waals surface area (Å²) < 4.78 is 25.6. The van der Waals surface area contributed by atoms with Crippen LogP contribution in [0.1, 0.15) is 47.0 Å². The summed E-state index contributed by atoms with van der Waals surface area (Å²) in [4.78, 5) is 0. The van der Waals surface area contributed by atoms with Crippen LogP contribution in [0.25, 0.3) is 0 Å². The van der Waals surface area contributed by atoms with E-state index in [4.69, 9.17) is 18.6 Å². The van der Waals surface area contributed by atoms with Crippen LogP contribution in [0.15, 0.2) is 60.7 Å². The molecular weight excluding hydrogens is 505 g/mol. The minimum atomic E-state index is -2.63. The summed E-state index contributed by atoms with van der Waals surface area (Å²) in [7, 11) is -0.808. The van der Waals surface area contributed by atoms with Gasteiger partial charge in [-0.25, -0.2) is 0 Å². The van der Waals surface area contributed by atoms with E-state index in [9.17, 15) is 0 Å². The highest BCUT2D eigenvalue weighted by atomic mass is 32.2. The van der Waals surface area contributed by atoms with Gasteiger partial charge in [-0.05, 0) is 46.7 Å². The Morgan fingerprint density at radius 2 is 1.50 bits per heavy atom. The minimum absolute atomic E-state index is 0.0732. The molecule has 1 fully saturated rings. The number of rotatable bonds is 14. The molecule has 200 valence electrons. The van der Waals surface area contributed by atoms with E-state index in [0.717, 1.165) is 12.8 Å². The summed E-state index contributed by atoms with van der Waals surface area (Å²) in [6, 6.07) is 21.6. The van der Waals surface area contributed by atoms with Crippen molar-refractivity contribution in [2.45, 2.75) is 68.8 Å². The van der Waals surface area contributed by atoms with Gasteiger partial charge in [0, 0.05) is 20.1 Å². The molecule has 0 aromatic heterocycles. The van der Waals surface area contributed by atoms with Gasteiger partial charge in [-0.1, -0.05) is 81.4 Å². The molecule has 0 saturated carbocycles. The highest BCUT2D eigenvalue weighted by Crippen LogP contribution is 2.38. The topological polar surface area (TPSA) is 36.9 Å². The minimum Gasteiger partial charge on any atom is -0.405 e. The Bertz CT molecular complexity index is 817. The summed E-state index contributed by atoms with van der Waals surface area (Å²) >= 11 is 4.13. The van der Waals surface area contributed by atoms with Crippen molar-refractivity contribution in [2.24, 2.45) is 0 Å². The largest absolute Gasteiger partial charge is 0.405 e. The fraction of sp³-hybridized carbons (Fsp3) is 0.586. The number of methoxy groups -OCH3 is 1. The van der Waals surface area contributed by atoms with Crippen molar-refractivity contribution < 1.29 is 18.6 Å². The van der Waals surface area contributed by atoms with E-state index in [0.29, 0.717) is 17.8 Å². The zero-order valence-corrected chi connectivity index (χ0v) is 25.2. The molecule has 0 radical (unpaired) electrons. The first-order valence-electron chi connectivity index (χ1n) is 13.1. The van der Waals surface area contributed by atoms with Crippen LogP contribution in [-0.4, -0.2) is 63.7 Å². The van der Waals surface area contributed by atoms with Crippen LogP contribution in [0.3, 0.4) is 0 Å². The molecule has 0 unspecified atom stereocenters. The molecule has 2 atom stereocenters. The molecule has 0 N–H and O–H groups in total. The number of thioether (sulfide) groups is 2. The molecule has 36 heavy (non-hydrogen) atoms. The van der Waals surface area contributed by atoms with E-state index in [1.165, 1.54) is 28.3 Å². The van der Waals surface area contributed by atoms with E-state index >= 15 is 0 Å². The molecule has 0 bridgehead atoms. The second-order valence-corrected chi connectivity index (χ2v) is 17.5. The third-order valence-corrected chi connectivity index (χ3v) is 14.7. The summed E-state index contributed by atoms with van der Waals surface area (Å²) in [5.41, 5.74) is 0. The number of ether oxygens (including phenoxy) is 3. The second kappa shape index (κ2) is 15.0. The first-order valence-corrected chi connectivity index (χ1v) is 17.1. The maximum Gasteiger partial charge on any atom is 0.261 e. The lowest BCUT2D eigenvalue weighted by Gasteiger charge is -2.43. The van der Waals surface area contributed by atoms with Crippen molar-refractivity contribution in [3.63, 3.8) is 0 Å². The molecule has 2 aromatic carbocycles. The first-order chi connectivity index (χ1) is 17.4. The molecule has 3 rings (SSSR count). The zero-order valence-electron chi connectivity index (χ0n) is 22.6. The normalized spacial score (nSPS) is 17.1. The van der Waals surface area contributed by atoms with Gasteiger partial charge in [-0.15, -0.1) is 23.5 Å². The summed E-state index contributed by atoms with van der Waals surface area (Å²) in [6.07, 6.45) is 3.14. The Balaban J connectivity index is 1.85. The van der Waals surface area contributed by atoms with E-state index in [-0.39, 0.29) is 24.0 Å². The van der Waals surface area contributed by atoms with Gasteiger partial charge in [0.15, 0.2) is 0 Å². The van der Waals surface area contributed by atoms with Gasteiger partial charge >= 0.3 is 0 Å². The van der Waals surface area contributed by atoms with Crippen molar-refractivity contribution in [2.75, 3.05) is 38.6 Å². The standard InChI is InChI=1S/C29H44O4S2Si/c1-6-31-23-32-25(20-24(30-5)21-28-34-18-13-19-35-28)22-33-36(29(2,3)4,26-14-9-7-10-15-26)27-16-11-8-12-17-27/h7-12,14-17,24-25,28H,6,13,18-23H2,1-5H3/t24-,25-/m0/s1. The van der Waals surface area contributed by atoms with Crippen molar-refractivity contribution in [3.05, 3.63) is 60.7 Å². The second-order valence-electron chi connectivity index (χ2n) is 10.2. The molecule has 1 aliphatic rings. The van der Waals surface area contributed by atoms with Gasteiger partial charge in [0.2, 0.25) is 0 Å². The maximum absolute atomic E-state index is 7.19. The van der Waals surface area contributed by atoms with Crippen LogP contribution in [0.5, 0.6) is 0 Å². The van der Waals surface area contributed by atoms with Crippen LogP contribution >= 0.6 is 23.5 Å². The Labute approximate surface area is 228 Å². The Hall–Kier alpha value is -0.803. The fourth-order valence-corrected chi connectivity index (χ4v) is 12.4. The molecule has 0 amide bonds. The van der Waals surface area contributed by atoms with Crippen molar-refractivity contribution in [3.8, 4) is 0 Å². The average molecular weight is 549 g/mol. The molecule has 2 aromatic rings. The quantitative estimate of drug-likeness (QED) is 0.165. The molecule has 0 aliphatic carbocycles. The summed E-state index contributed by atoms with van der Waals surface area (Å²) in [5, 5.41) is 2.49. The molecule has 7 heteroatoms. The van der Waals surface area contributed by atoms with E-state index in [1.807, 2.05) is 14.0 Å². The van der Waals surface area contributed by atoms with Crippen LogP contribution in [-0.2, 0) is 18.6 Å². The van der Waals surface area contributed by atoms with Gasteiger partial charge in [0.25, 0.3) is 8.32 Å². The lowest BCUT2D eigenvalue weighted by molar-refractivity contribution is -0.111. The molecular formula is C29H44O4S2Si. The average Bonchev–Trinajstić information content (AvgIpc) is 2.89. The zero-order chi connectivity index (χ0) is 25.9. The van der Waals surface area contributed by atoms with E-state index in [2.05, 4.69) is 105 Å². The van der Waals surface area contributed by atoms with Crippen molar-refractivity contribution in [1.82, 2.24) is 0 Å². The first kappa shape index (κ1) is 29.7. The van der Waals surface area contributed by atoms with E-state index < -0.39 is 8.32 Å². The highest BCUT2D eigenvalue weighted by Gasteiger charge is 2.50. The molecule has 1 saturated heterocycles. The lowest BCUT2D eigenvalue weighted by atomic mass is 10.1. The molecule has 1 aliphatic heterocycles. The summed E-state index contributed by atoms with van der Waals surface area (Å²) in [5.74, 6) is 2.49. The highest BCUT2D eigenvalue weighted by molar-refractivity contribution is 8.17. The lowest BCUT2D eigenvalue weighted by Crippen LogP contribution is -2.67. The molecule has 4 nitrogen and oxygen atoms in total. The van der Waals surface area contributed by atoms with Crippen LogP contribution in [0, 0.1) is 0 Å². The van der Waals surface area contributed by atoms with Gasteiger partial charge in [-0.2, -0.15) is 0 Å². The van der Waals surface area contributed by atoms with Crippen molar-refractivity contribution in [1.29, 1.82) is 0 Å². The number of benzene rings is 2. The fourth-order valence-electron chi connectivity index (χ4n) is 4.86. The number of hydrogen-bond donors (Lipinski definition) is 0. The van der Waals surface area contributed by atoms with E-state index in [1.54, 1.807) is 0 Å². The van der Waals surface area contributed by atoms with Gasteiger partial charge in [0.05, 0.1) is 23.4 Å². The number of hydrogen-bond acceptors (Lipinski definition) is 6. The molecule has 0 spiro atoms. The Morgan fingerprint density at radius 1 is 0.917 bits per heavy atom. The van der Waals surface area contributed by atoms with Crippen LogP contribution in [0.2, 0.25) is 5.04 Å².